The van der Waals surface area contributed by atoms with Crippen molar-refractivity contribution in [3.8, 4) is 22.6 Å². The van der Waals surface area contributed by atoms with Gasteiger partial charge in [0.15, 0.2) is 0 Å². The van der Waals surface area contributed by atoms with Crippen molar-refractivity contribution < 1.29 is 14.3 Å². The maximum absolute atomic E-state index is 13.0. The minimum Gasteiger partial charge on any atom is -0.457 e. The van der Waals surface area contributed by atoms with Crippen molar-refractivity contribution in [1.29, 1.82) is 0 Å². The van der Waals surface area contributed by atoms with Crippen molar-refractivity contribution in [2.75, 3.05) is 32.4 Å². The van der Waals surface area contributed by atoms with Gasteiger partial charge in [-0.1, -0.05) is 36.4 Å². The van der Waals surface area contributed by atoms with Crippen LogP contribution in [0.4, 0.5) is 5.82 Å². The molecule has 2 aliphatic rings. The predicted molar refractivity (Wildman–Crippen MR) is 157 cm³/mol. The number of likely N-dealkylation sites (N-methyl/N-ethyl adjacent to an activating group) is 1. The first-order valence-electron chi connectivity index (χ1n) is 13.8. The largest absolute Gasteiger partial charge is 0.457 e. The Morgan fingerprint density at radius 1 is 1.05 bits per heavy atom. The third kappa shape index (κ3) is 5.38. The Morgan fingerprint density at radius 2 is 1.78 bits per heavy atom. The molecule has 10 heteroatoms. The Bertz CT molecular complexity index is 1610. The van der Waals surface area contributed by atoms with Crippen LogP contribution in [0.2, 0.25) is 0 Å². The first-order valence-corrected chi connectivity index (χ1v) is 13.8. The van der Waals surface area contributed by atoms with Crippen molar-refractivity contribution in [2.24, 2.45) is 5.73 Å². The van der Waals surface area contributed by atoms with E-state index in [-0.39, 0.29) is 17.8 Å². The van der Waals surface area contributed by atoms with E-state index in [0.29, 0.717) is 53.6 Å². The number of rotatable bonds is 9. The maximum atomic E-state index is 13.0. The molecule has 4 aromatic rings. The highest BCUT2D eigenvalue weighted by Crippen LogP contribution is 2.40. The van der Waals surface area contributed by atoms with Gasteiger partial charge in [-0.15, -0.1) is 0 Å². The van der Waals surface area contributed by atoms with Crippen LogP contribution < -0.4 is 16.2 Å². The summed E-state index contributed by atoms with van der Waals surface area (Å²) in [6.07, 6.45) is 8.05. The number of likely N-dealkylation sites (tertiary alicyclic amines) is 1. The maximum Gasteiger partial charge on any atom is 0.266 e. The molecular weight excluding hydrogens is 518 g/mol. The molecule has 3 heterocycles. The molecule has 1 saturated carbocycles. The number of hydrogen-bond acceptors (Lipinski definition) is 7. The topological polar surface area (TPSA) is 133 Å². The van der Waals surface area contributed by atoms with Gasteiger partial charge in [-0.25, -0.2) is 9.97 Å². The monoisotopic (exact) mass is 551 g/mol. The van der Waals surface area contributed by atoms with Crippen molar-refractivity contribution in [2.45, 2.75) is 31.3 Å². The summed E-state index contributed by atoms with van der Waals surface area (Å²) in [6, 6.07) is 17.3. The van der Waals surface area contributed by atoms with Crippen molar-refractivity contribution in [3.63, 3.8) is 0 Å². The summed E-state index contributed by atoms with van der Waals surface area (Å²) in [5.74, 6) is 0.976. The van der Waals surface area contributed by atoms with Gasteiger partial charge < -0.3 is 25.7 Å². The number of carbonyl (C=O) groups is 2. The van der Waals surface area contributed by atoms with Gasteiger partial charge in [0.05, 0.1) is 11.4 Å². The number of nitrogen functional groups attached to an aromatic ring is 1. The number of hydrogen-bond donors (Lipinski definition) is 2. The van der Waals surface area contributed by atoms with Crippen LogP contribution in [0.3, 0.4) is 0 Å². The number of para-hydroxylation sites is 1. The second kappa shape index (κ2) is 11.1. The summed E-state index contributed by atoms with van der Waals surface area (Å²) in [6.45, 7) is 1.74. The average Bonchev–Trinajstić information content (AvgIpc) is 3.60. The summed E-state index contributed by atoms with van der Waals surface area (Å²) < 4.78 is 7.79. The molecule has 2 aromatic carbocycles. The van der Waals surface area contributed by atoms with Crippen LogP contribution >= 0.6 is 0 Å². The summed E-state index contributed by atoms with van der Waals surface area (Å²) in [7, 11) is 2.08. The van der Waals surface area contributed by atoms with Crippen LogP contribution in [0.25, 0.3) is 22.2 Å². The van der Waals surface area contributed by atoms with Gasteiger partial charge in [-0.2, -0.15) is 0 Å². The van der Waals surface area contributed by atoms with Gasteiger partial charge in [0.25, 0.3) is 5.91 Å². The van der Waals surface area contributed by atoms with Gasteiger partial charge >= 0.3 is 0 Å². The van der Waals surface area contributed by atoms with Crippen LogP contribution in [0, 0.1) is 0 Å². The number of ether oxygens (including phenoxy) is 1. The summed E-state index contributed by atoms with van der Waals surface area (Å²) >= 11 is 0. The Kier molecular flexibility index (Phi) is 7.15. The number of primary amides is 1. The first-order chi connectivity index (χ1) is 19.9. The van der Waals surface area contributed by atoms with E-state index in [2.05, 4.69) is 21.9 Å². The molecule has 1 aliphatic carbocycles. The smallest absolute Gasteiger partial charge is 0.266 e. The van der Waals surface area contributed by atoms with Crippen LogP contribution in [-0.4, -0.2) is 68.9 Å². The van der Waals surface area contributed by atoms with Gasteiger partial charge in [-0.3, -0.25) is 14.5 Å². The van der Waals surface area contributed by atoms with Gasteiger partial charge in [0.2, 0.25) is 5.91 Å². The van der Waals surface area contributed by atoms with Gasteiger partial charge in [0.1, 0.15) is 35.0 Å². The zero-order valence-electron chi connectivity index (χ0n) is 22.9. The van der Waals surface area contributed by atoms with Gasteiger partial charge in [-0.05, 0) is 56.1 Å². The van der Waals surface area contributed by atoms with Crippen molar-refractivity contribution in [1.82, 2.24) is 24.3 Å². The molecule has 41 heavy (non-hydrogen) atoms. The first kappa shape index (κ1) is 26.5. The SMILES string of the molecule is CN(C/C=C/C(=O)N1CC[C@@H](n2c(C(N)=O)c(-c3ccc(Oc4ccccc4)cc3)c3c(N)ncnc32)C1)C1CC1. The number of aromatic nitrogens is 3. The number of fused-ring (bicyclic) bond motifs is 1. The predicted octanol–water partition coefficient (Wildman–Crippen LogP) is 4.00. The Balaban J connectivity index is 1.31. The fourth-order valence-corrected chi connectivity index (χ4v) is 5.59. The molecule has 2 amide bonds. The molecule has 0 radical (unpaired) electrons. The summed E-state index contributed by atoms with van der Waals surface area (Å²) in [5, 5.41) is 0.561. The van der Waals surface area contributed by atoms with Crippen molar-refractivity contribution in [3.05, 3.63) is 78.8 Å². The molecule has 1 atom stereocenters. The van der Waals surface area contributed by atoms with E-state index in [1.165, 1.54) is 19.2 Å². The Hall–Kier alpha value is -4.70. The molecule has 10 nitrogen and oxygen atoms in total. The third-order valence-corrected chi connectivity index (χ3v) is 7.83. The Labute approximate surface area is 238 Å². The van der Waals surface area contributed by atoms with E-state index in [1.807, 2.05) is 65.2 Å². The zero-order chi connectivity index (χ0) is 28.5. The van der Waals surface area contributed by atoms with Crippen LogP contribution in [0.1, 0.15) is 35.8 Å². The number of benzene rings is 2. The highest BCUT2D eigenvalue weighted by atomic mass is 16.5. The molecule has 2 aromatic heterocycles. The molecule has 2 fully saturated rings. The van der Waals surface area contributed by atoms with E-state index in [9.17, 15) is 9.59 Å². The molecule has 1 saturated heterocycles. The molecule has 6 rings (SSSR count). The second-order valence-corrected chi connectivity index (χ2v) is 10.7. The molecule has 0 unspecified atom stereocenters. The molecule has 0 bridgehead atoms. The third-order valence-electron chi connectivity index (χ3n) is 7.83. The van der Waals surface area contributed by atoms with Crippen LogP contribution in [0.15, 0.2) is 73.1 Å². The standard InChI is InChI=1S/C31H33N7O3/c1-36(21-11-12-21)16-5-8-25(39)37-17-15-22(18-37)38-28(30(33)40)26(27-29(32)34-19-35-31(27)38)20-9-13-24(14-10-20)41-23-6-3-2-4-7-23/h2-10,13-14,19,21-22H,11-12,15-18H2,1H3,(H2,33,40)(H2,32,34,35)/b8-5+/t22-/m1/s1. The lowest BCUT2D eigenvalue weighted by Crippen LogP contribution is -2.29. The number of nitrogens with two attached hydrogens (primary N) is 2. The van der Waals surface area contributed by atoms with E-state index in [0.717, 1.165) is 17.9 Å². The number of amides is 2. The molecule has 4 N–H and O–H groups in total. The Morgan fingerprint density at radius 3 is 2.49 bits per heavy atom. The van der Waals surface area contributed by atoms with Gasteiger partial charge in [0, 0.05) is 37.3 Å². The minimum absolute atomic E-state index is 0.0443. The van der Waals surface area contributed by atoms with E-state index < -0.39 is 5.91 Å². The highest BCUT2D eigenvalue weighted by molar-refractivity contribution is 6.12. The quantitative estimate of drug-likeness (QED) is 0.301. The van der Waals surface area contributed by atoms with Crippen molar-refractivity contribution >= 4 is 28.7 Å². The second-order valence-electron chi connectivity index (χ2n) is 10.7. The number of anilines is 1. The normalized spacial score (nSPS) is 17.1. The highest BCUT2D eigenvalue weighted by Gasteiger charge is 2.34. The summed E-state index contributed by atoms with van der Waals surface area (Å²) in [4.78, 5) is 38.8. The van der Waals surface area contributed by atoms with E-state index in [4.69, 9.17) is 16.2 Å². The minimum atomic E-state index is -0.602. The molecular formula is C31H33N7O3. The fourth-order valence-electron chi connectivity index (χ4n) is 5.59. The lowest BCUT2D eigenvalue weighted by molar-refractivity contribution is -0.125. The lowest BCUT2D eigenvalue weighted by atomic mass is 10.0. The lowest BCUT2D eigenvalue weighted by Gasteiger charge is -2.18. The van der Waals surface area contributed by atoms with Crippen LogP contribution in [0.5, 0.6) is 11.5 Å². The van der Waals surface area contributed by atoms with E-state index >= 15 is 0 Å². The average molecular weight is 552 g/mol. The molecule has 210 valence electrons. The number of carbonyl (C=O) groups excluding carboxylic acids is 2. The molecule has 0 spiro atoms. The van der Waals surface area contributed by atoms with E-state index in [1.54, 1.807) is 11.0 Å². The summed E-state index contributed by atoms with van der Waals surface area (Å²) in [5.41, 5.74) is 14.5. The zero-order valence-corrected chi connectivity index (χ0v) is 22.9. The van der Waals surface area contributed by atoms with Crippen LogP contribution in [-0.2, 0) is 4.79 Å². The number of nitrogens with zero attached hydrogens (tertiary/aromatic N) is 5. The molecule has 1 aliphatic heterocycles. The fraction of sp³-hybridized carbons (Fsp3) is 0.290.